The minimum Gasteiger partial charge on any atom is -0.366 e. The summed E-state index contributed by atoms with van der Waals surface area (Å²) >= 11 is 0. The number of anilines is 2. The van der Waals surface area contributed by atoms with Crippen LogP contribution in [0.1, 0.15) is 16.2 Å². The molecule has 0 aliphatic carbocycles. The Morgan fingerprint density at radius 1 is 1.35 bits per heavy atom. The summed E-state index contributed by atoms with van der Waals surface area (Å²) in [5, 5.41) is 7.46. The quantitative estimate of drug-likeness (QED) is 0.734. The van der Waals surface area contributed by atoms with Crippen LogP contribution in [0, 0.1) is 5.82 Å². The van der Waals surface area contributed by atoms with Crippen molar-refractivity contribution in [2.24, 2.45) is 0 Å². The van der Waals surface area contributed by atoms with Crippen molar-refractivity contribution in [1.29, 1.82) is 0 Å². The first-order valence-electron chi connectivity index (χ1n) is 5.13. The van der Waals surface area contributed by atoms with Crippen LogP contribution in [0.4, 0.5) is 29.2 Å². The second-order valence-electron chi connectivity index (χ2n) is 3.69. The summed E-state index contributed by atoms with van der Waals surface area (Å²) < 4.78 is 50.8. The van der Waals surface area contributed by atoms with E-state index in [-0.39, 0.29) is 11.8 Å². The molecule has 1 amide bonds. The average Bonchev–Trinajstić information content (AvgIpc) is 2.77. The first-order chi connectivity index (χ1) is 9.27. The Bertz CT molecular complexity index is 651. The van der Waals surface area contributed by atoms with Gasteiger partial charge in [0, 0.05) is 0 Å². The number of nitrogen functional groups attached to an aromatic ring is 1. The highest BCUT2D eigenvalue weighted by Gasteiger charge is 2.31. The number of hydrogen-bond donors (Lipinski definition) is 3. The van der Waals surface area contributed by atoms with Gasteiger partial charge in [-0.2, -0.15) is 18.2 Å². The molecule has 0 bridgehead atoms. The third-order valence-corrected chi connectivity index (χ3v) is 2.26. The number of H-pyrrole nitrogens is 1. The zero-order valence-electron chi connectivity index (χ0n) is 9.62. The van der Waals surface area contributed by atoms with Crippen LogP contribution in [-0.2, 0) is 6.18 Å². The largest absolute Gasteiger partial charge is 0.416 e. The van der Waals surface area contributed by atoms with Crippen molar-refractivity contribution >= 4 is 17.5 Å². The zero-order valence-corrected chi connectivity index (χ0v) is 9.62. The predicted octanol–water partition coefficient (Wildman–Crippen LogP) is 1.80. The molecule has 106 valence electrons. The number of nitrogens with one attached hydrogen (secondary N) is 2. The smallest absolute Gasteiger partial charge is 0.366 e. The lowest BCUT2D eigenvalue weighted by Crippen LogP contribution is -2.16. The topological polar surface area (TPSA) is 96.7 Å². The Morgan fingerprint density at radius 2 is 2.05 bits per heavy atom. The number of aromatic nitrogens is 3. The van der Waals surface area contributed by atoms with Crippen LogP contribution in [0.2, 0.25) is 0 Å². The lowest BCUT2D eigenvalue weighted by Gasteiger charge is -2.10. The van der Waals surface area contributed by atoms with Gasteiger partial charge in [0.2, 0.25) is 11.8 Å². The summed E-state index contributed by atoms with van der Waals surface area (Å²) in [6, 6.07) is 1.65. The first-order valence-corrected chi connectivity index (χ1v) is 5.13. The van der Waals surface area contributed by atoms with Gasteiger partial charge in [-0.3, -0.25) is 9.89 Å². The molecule has 1 aromatic carbocycles. The molecule has 2 rings (SSSR count). The van der Waals surface area contributed by atoms with Crippen molar-refractivity contribution in [3.8, 4) is 0 Å². The molecule has 0 saturated heterocycles. The molecule has 0 radical (unpaired) electrons. The molecule has 4 N–H and O–H groups in total. The van der Waals surface area contributed by atoms with Crippen molar-refractivity contribution in [3.05, 3.63) is 35.4 Å². The molecule has 2 aromatic rings. The normalized spacial score (nSPS) is 11.4. The maximum atomic E-state index is 13.4. The van der Waals surface area contributed by atoms with E-state index in [0.717, 1.165) is 0 Å². The second-order valence-corrected chi connectivity index (χ2v) is 3.69. The monoisotopic (exact) mass is 289 g/mol. The van der Waals surface area contributed by atoms with Gasteiger partial charge in [0.25, 0.3) is 5.91 Å². The fourth-order valence-electron chi connectivity index (χ4n) is 1.36. The summed E-state index contributed by atoms with van der Waals surface area (Å²) in [6.07, 6.45) is -4.65. The van der Waals surface area contributed by atoms with Crippen LogP contribution in [0.25, 0.3) is 0 Å². The molecule has 0 unspecified atom stereocenters. The number of hydrogen-bond acceptors (Lipinski definition) is 4. The summed E-state index contributed by atoms with van der Waals surface area (Å²) in [4.78, 5) is 15.1. The van der Waals surface area contributed by atoms with Gasteiger partial charge in [-0.15, -0.1) is 5.10 Å². The number of nitrogens with two attached hydrogens (primary N) is 1. The number of amides is 1. The van der Waals surface area contributed by atoms with E-state index in [0.29, 0.717) is 18.2 Å². The SMILES string of the molecule is Nc1n[nH]c(C(=O)Nc2cc(C(F)(F)F)ccc2F)n1. The fraction of sp³-hybridized carbons (Fsp3) is 0.100. The van der Waals surface area contributed by atoms with Crippen LogP contribution < -0.4 is 11.1 Å². The van der Waals surface area contributed by atoms with Gasteiger partial charge in [-0.05, 0) is 18.2 Å². The van der Waals surface area contributed by atoms with E-state index < -0.39 is 29.2 Å². The molecule has 0 saturated carbocycles. The maximum absolute atomic E-state index is 13.4. The lowest BCUT2D eigenvalue weighted by molar-refractivity contribution is -0.137. The number of benzene rings is 1. The molecule has 0 aliphatic rings. The zero-order chi connectivity index (χ0) is 14.9. The van der Waals surface area contributed by atoms with Gasteiger partial charge < -0.3 is 11.1 Å². The molecule has 10 heteroatoms. The summed E-state index contributed by atoms with van der Waals surface area (Å²) in [5.41, 5.74) is 3.45. The van der Waals surface area contributed by atoms with Gasteiger partial charge in [-0.25, -0.2) is 4.39 Å². The average molecular weight is 289 g/mol. The minimum atomic E-state index is -4.65. The number of aromatic amines is 1. The molecule has 20 heavy (non-hydrogen) atoms. The minimum absolute atomic E-state index is 0.223. The summed E-state index contributed by atoms with van der Waals surface area (Å²) in [6.45, 7) is 0. The molecule has 1 aromatic heterocycles. The molecular formula is C10H7F4N5O. The highest BCUT2D eigenvalue weighted by Crippen LogP contribution is 2.31. The summed E-state index contributed by atoms with van der Waals surface area (Å²) in [5.74, 6) is -2.55. The first kappa shape index (κ1) is 13.8. The summed E-state index contributed by atoms with van der Waals surface area (Å²) in [7, 11) is 0. The van der Waals surface area contributed by atoms with Crippen LogP contribution in [0.15, 0.2) is 18.2 Å². The third kappa shape index (κ3) is 2.84. The Kier molecular flexibility index (Phi) is 3.30. The molecule has 0 spiro atoms. The predicted molar refractivity (Wildman–Crippen MR) is 60.2 cm³/mol. The standard InChI is InChI=1S/C10H7F4N5O/c11-5-2-1-4(10(12,13)14)3-6(5)16-8(20)7-17-9(15)19-18-7/h1-3H,(H,16,20)(H3,15,17,18,19). The number of rotatable bonds is 2. The van der Waals surface area contributed by atoms with Crippen LogP contribution in [0.5, 0.6) is 0 Å². The van der Waals surface area contributed by atoms with Gasteiger partial charge in [0.1, 0.15) is 5.82 Å². The van der Waals surface area contributed by atoms with E-state index in [1.54, 1.807) is 0 Å². The Hall–Kier alpha value is -2.65. The van der Waals surface area contributed by atoms with Crippen LogP contribution in [0.3, 0.4) is 0 Å². The van der Waals surface area contributed by atoms with E-state index >= 15 is 0 Å². The molecule has 0 fully saturated rings. The highest BCUT2D eigenvalue weighted by atomic mass is 19.4. The van der Waals surface area contributed by atoms with E-state index in [2.05, 4.69) is 15.2 Å². The second kappa shape index (κ2) is 4.79. The molecule has 0 atom stereocenters. The molecular weight excluding hydrogens is 282 g/mol. The maximum Gasteiger partial charge on any atom is 0.416 e. The van der Waals surface area contributed by atoms with Gasteiger partial charge in [-0.1, -0.05) is 0 Å². The highest BCUT2D eigenvalue weighted by molar-refractivity contribution is 6.01. The Morgan fingerprint density at radius 3 is 2.60 bits per heavy atom. The third-order valence-electron chi connectivity index (χ3n) is 2.26. The van der Waals surface area contributed by atoms with Crippen molar-refractivity contribution in [3.63, 3.8) is 0 Å². The van der Waals surface area contributed by atoms with Gasteiger partial charge >= 0.3 is 6.18 Å². The Labute approximate surface area is 109 Å². The number of carbonyl (C=O) groups excluding carboxylic acids is 1. The van der Waals surface area contributed by atoms with E-state index in [9.17, 15) is 22.4 Å². The number of halogens is 4. The molecule has 6 nitrogen and oxygen atoms in total. The molecule has 0 aliphatic heterocycles. The van der Waals surface area contributed by atoms with Crippen LogP contribution in [-0.4, -0.2) is 21.1 Å². The van der Waals surface area contributed by atoms with Crippen molar-refractivity contribution in [1.82, 2.24) is 15.2 Å². The van der Waals surface area contributed by atoms with Crippen LogP contribution >= 0.6 is 0 Å². The van der Waals surface area contributed by atoms with E-state index in [4.69, 9.17) is 5.73 Å². The number of carbonyl (C=O) groups is 1. The lowest BCUT2D eigenvalue weighted by atomic mass is 10.2. The van der Waals surface area contributed by atoms with Gasteiger partial charge in [0.15, 0.2) is 0 Å². The number of alkyl halides is 3. The van der Waals surface area contributed by atoms with E-state index in [1.807, 2.05) is 5.32 Å². The van der Waals surface area contributed by atoms with E-state index in [1.165, 1.54) is 0 Å². The van der Waals surface area contributed by atoms with Crippen molar-refractivity contribution in [2.75, 3.05) is 11.1 Å². The van der Waals surface area contributed by atoms with Crippen molar-refractivity contribution in [2.45, 2.75) is 6.18 Å². The molecule has 1 heterocycles. The number of nitrogens with zero attached hydrogens (tertiary/aromatic N) is 2. The fourth-order valence-corrected chi connectivity index (χ4v) is 1.36. The van der Waals surface area contributed by atoms with Gasteiger partial charge in [0.05, 0.1) is 11.3 Å². The Balaban J connectivity index is 2.27. The van der Waals surface area contributed by atoms with Crippen molar-refractivity contribution < 1.29 is 22.4 Å².